The number of piperidine rings is 1. The normalized spacial score (nSPS) is 18.4. The van der Waals surface area contributed by atoms with E-state index < -0.39 is 0 Å². The van der Waals surface area contributed by atoms with E-state index >= 15 is 0 Å². The van der Waals surface area contributed by atoms with E-state index in [9.17, 15) is 4.79 Å². The minimum atomic E-state index is -0.0273. The molecular formula is C31H41N5O2. The molecule has 2 aliphatic rings. The fraction of sp³-hybridized carbons (Fsp3) is 0.484. The Hall–Kier alpha value is -3.00. The van der Waals surface area contributed by atoms with Crippen molar-refractivity contribution in [2.75, 3.05) is 64.3 Å². The largest absolute Gasteiger partial charge is 0.384 e. The lowest BCUT2D eigenvalue weighted by molar-refractivity contribution is 0.0374. The molecule has 2 aromatic carbocycles. The van der Waals surface area contributed by atoms with Gasteiger partial charge >= 0.3 is 0 Å². The van der Waals surface area contributed by atoms with Gasteiger partial charge in [-0.2, -0.15) is 0 Å². The van der Waals surface area contributed by atoms with Gasteiger partial charge in [0.2, 0.25) is 0 Å². The number of fused-ring (bicyclic) bond motifs is 1. The molecule has 0 bridgehead atoms. The Labute approximate surface area is 226 Å². The van der Waals surface area contributed by atoms with E-state index in [0.29, 0.717) is 12.1 Å². The molecule has 1 aromatic heterocycles. The molecule has 2 aliphatic heterocycles. The van der Waals surface area contributed by atoms with Crippen molar-refractivity contribution < 1.29 is 9.53 Å². The molecule has 3 N–H and O–H groups in total. The number of rotatable bonds is 11. The summed E-state index contributed by atoms with van der Waals surface area (Å²) in [4.78, 5) is 20.0. The highest BCUT2D eigenvalue weighted by Gasteiger charge is 2.14. The van der Waals surface area contributed by atoms with Gasteiger partial charge in [-0.1, -0.05) is 30.3 Å². The third-order valence-electron chi connectivity index (χ3n) is 7.70. The second kappa shape index (κ2) is 13.7. The smallest absolute Gasteiger partial charge is 0.251 e. The number of hydrogen-bond donors (Lipinski definition) is 3. The zero-order valence-corrected chi connectivity index (χ0v) is 22.4. The van der Waals surface area contributed by atoms with Crippen LogP contribution in [-0.4, -0.2) is 74.8 Å². The van der Waals surface area contributed by atoms with Gasteiger partial charge in [0.25, 0.3) is 5.91 Å². The van der Waals surface area contributed by atoms with Crippen molar-refractivity contribution >= 4 is 22.5 Å². The Morgan fingerprint density at radius 1 is 1.05 bits per heavy atom. The maximum atomic E-state index is 12.7. The maximum Gasteiger partial charge on any atom is 0.251 e. The van der Waals surface area contributed by atoms with Gasteiger partial charge in [-0.05, 0) is 81.9 Å². The number of pyridine rings is 1. The molecule has 3 aromatic rings. The Kier molecular flexibility index (Phi) is 9.59. The number of nitrogens with one attached hydrogen (secondary N) is 3. The summed E-state index contributed by atoms with van der Waals surface area (Å²) in [6.45, 7) is 8.52. The third-order valence-corrected chi connectivity index (χ3v) is 7.70. The van der Waals surface area contributed by atoms with E-state index in [1.165, 1.54) is 25.8 Å². The molecule has 2 saturated heterocycles. The van der Waals surface area contributed by atoms with Crippen molar-refractivity contribution in [1.82, 2.24) is 20.5 Å². The third kappa shape index (κ3) is 7.31. The van der Waals surface area contributed by atoms with Gasteiger partial charge < -0.3 is 20.7 Å². The number of anilines is 1. The standard InChI is InChI=1S/C31H41N5O2/c37-31(34-16-5-17-36-18-20-38-21-19-36)26-12-10-25(11-13-26)29-22-30(27-8-1-2-9-28(27)35-29)33-15-4-7-24-6-3-14-32-23-24/h1-2,8-13,22,24,32H,3-7,14-21,23H2,(H,33,35)(H,34,37). The summed E-state index contributed by atoms with van der Waals surface area (Å²) in [5, 5.41) is 11.4. The number of morpholine rings is 1. The number of hydrogen-bond acceptors (Lipinski definition) is 6. The molecule has 2 fully saturated rings. The molecule has 7 heteroatoms. The molecule has 0 radical (unpaired) electrons. The molecule has 1 unspecified atom stereocenters. The van der Waals surface area contributed by atoms with E-state index in [-0.39, 0.29) is 5.91 Å². The van der Waals surface area contributed by atoms with Crippen LogP contribution in [0.3, 0.4) is 0 Å². The first-order chi connectivity index (χ1) is 18.8. The fourth-order valence-corrected chi connectivity index (χ4v) is 5.48. The summed E-state index contributed by atoms with van der Waals surface area (Å²) >= 11 is 0. The first kappa shape index (κ1) is 26.6. The number of nitrogens with zero attached hydrogens (tertiary/aromatic N) is 2. The second-order valence-electron chi connectivity index (χ2n) is 10.5. The van der Waals surface area contributed by atoms with Crippen LogP contribution in [0.25, 0.3) is 22.2 Å². The number of amides is 1. The average Bonchev–Trinajstić information content (AvgIpc) is 2.98. The van der Waals surface area contributed by atoms with Gasteiger partial charge in [-0.25, -0.2) is 4.98 Å². The maximum absolute atomic E-state index is 12.7. The first-order valence-corrected chi connectivity index (χ1v) is 14.3. The van der Waals surface area contributed by atoms with Gasteiger partial charge in [-0.15, -0.1) is 0 Å². The summed E-state index contributed by atoms with van der Waals surface area (Å²) in [7, 11) is 0. The molecular weight excluding hydrogens is 474 g/mol. The first-order valence-electron chi connectivity index (χ1n) is 14.3. The van der Waals surface area contributed by atoms with Gasteiger partial charge in [-0.3, -0.25) is 9.69 Å². The lowest BCUT2D eigenvalue weighted by Gasteiger charge is -2.26. The Bertz CT molecular complexity index is 1170. The summed E-state index contributed by atoms with van der Waals surface area (Å²) in [5.41, 5.74) is 4.70. The van der Waals surface area contributed by atoms with Crippen LogP contribution in [0.5, 0.6) is 0 Å². The van der Waals surface area contributed by atoms with Crippen LogP contribution in [0.15, 0.2) is 54.6 Å². The predicted octanol–water partition coefficient (Wildman–Crippen LogP) is 4.55. The van der Waals surface area contributed by atoms with Crippen molar-refractivity contribution in [2.24, 2.45) is 5.92 Å². The van der Waals surface area contributed by atoms with Gasteiger partial charge in [0.1, 0.15) is 0 Å². The predicted molar refractivity (Wildman–Crippen MR) is 155 cm³/mol. The molecule has 0 spiro atoms. The van der Waals surface area contributed by atoms with Crippen molar-refractivity contribution in [1.29, 1.82) is 0 Å². The van der Waals surface area contributed by atoms with Crippen LogP contribution in [0.1, 0.15) is 42.5 Å². The van der Waals surface area contributed by atoms with Gasteiger partial charge in [0.15, 0.2) is 0 Å². The van der Waals surface area contributed by atoms with E-state index in [0.717, 1.165) is 92.5 Å². The van der Waals surface area contributed by atoms with Crippen molar-refractivity contribution in [3.8, 4) is 11.3 Å². The number of carbonyl (C=O) groups excluding carboxylic acids is 1. The SMILES string of the molecule is O=C(NCCCN1CCOCC1)c1ccc(-c2cc(NCCCC3CCCNC3)c3ccccc3n2)cc1. The zero-order valence-electron chi connectivity index (χ0n) is 22.4. The minimum Gasteiger partial charge on any atom is -0.384 e. The van der Waals surface area contributed by atoms with Crippen molar-refractivity contribution in [3.63, 3.8) is 0 Å². The highest BCUT2D eigenvalue weighted by atomic mass is 16.5. The number of benzene rings is 2. The molecule has 202 valence electrons. The molecule has 1 atom stereocenters. The van der Waals surface area contributed by atoms with E-state index in [2.05, 4.69) is 45.1 Å². The summed E-state index contributed by atoms with van der Waals surface area (Å²) in [5.74, 6) is 0.774. The minimum absolute atomic E-state index is 0.0273. The molecule has 0 aliphatic carbocycles. The number of carbonyl (C=O) groups is 1. The van der Waals surface area contributed by atoms with Crippen LogP contribution in [-0.2, 0) is 4.74 Å². The lowest BCUT2D eigenvalue weighted by atomic mass is 9.95. The monoisotopic (exact) mass is 515 g/mol. The second-order valence-corrected chi connectivity index (χ2v) is 10.5. The molecule has 38 heavy (non-hydrogen) atoms. The Morgan fingerprint density at radius 2 is 1.89 bits per heavy atom. The van der Waals surface area contributed by atoms with Crippen molar-refractivity contribution in [2.45, 2.75) is 32.1 Å². The fourth-order valence-electron chi connectivity index (χ4n) is 5.48. The number of para-hydroxylation sites is 1. The quantitative estimate of drug-likeness (QED) is 0.325. The molecule has 5 rings (SSSR count). The van der Waals surface area contributed by atoms with Crippen LogP contribution >= 0.6 is 0 Å². The molecule has 3 heterocycles. The Balaban J connectivity index is 1.18. The molecule has 7 nitrogen and oxygen atoms in total. The zero-order chi connectivity index (χ0) is 26.0. The lowest BCUT2D eigenvalue weighted by Crippen LogP contribution is -2.38. The Morgan fingerprint density at radius 3 is 2.71 bits per heavy atom. The summed E-state index contributed by atoms with van der Waals surface area (Å²) in [6, 6.07) is 18.2. The van der Waals surface area contributed by atoms with Crippen LogP contribution in [0.4, 0.5) is 5.69 Å². The van der Waals surface area contributed by atoms with Gasteiger partial charge in [0.05, 0.1) is 24.4 Å². The topological polar surface area (TPSA) is 78.5 Å². The molecule has 1 amide bonds. The number of aromatic nitrogens is 1. The van der Waals surface area contributed by atoms with Crippen LogP contribution < -0.4 is 16.0 Å². The van der Waals surface area contributed by atoms with Crippen molar-refractivity contribution in [3.05, 3.63) is 60.2 Å². The average molecular weight is 516 g/mol. The highest BCUT2D eigenvalue weighted by Crippen LogP contribution is 2.29. The van der Waals surface area contributed by atoms with Crippen LogP contribution in [0.2, 0.25) is 0 Å². The highest BCUT2D eigenvalue weighted by molar-refractivity contribution is 5.96. The van der Waals surface area contributed by atoms with Gasteiger partial charge in [0, 0.05) is 48.4 Å². The van der Waals surface area contributed by atoms with E-state index in [1.54, 1.807) is 0 Å². The van der Waals surface area contributed by atoms with E-state index in [1.807, 2.05) is 30.3 Å². The number of ether oxygens (including phenoxy) is 1. The van der Waals surface area contributed by atoms with Crippen LogP contribution in [0, 0.1) is 5.92 Å². The summed E-state index contributed by atoms with van der Waals surface area (Å²) in [6.07, 6.45) is 6.00. The summed E-state index contributed by atoms with van der Waals surface area (Å²) < 4.78 is 5.39. The van der Waals surface area contributed by atoms with E-state index in [4.69, 9.17) is 9.72 Å². The molecule has 0 saturated carbocycles.